The third-order valence-corrected chi connectivity index (χ3v) is 6.41. The lowest BCUT2D eigenvalue weighted by molar-refractivity contribution is -0.384. The molecule has 3 amide bonds. The number of nitro benzene ring substituents is 1. The van der Waals surface area contributed by atoms with E-state index in [0.717, 1.165) is 22.2 Å². The molecule has 0 aliphatic carbocycles. The second kappa shape index (κ2) is 11.6. The standard InChI is InChI=1S/C27H23N3O7S/c1-17-4-3-5-20(12-17)28-25(31)16-37-22-11-8-19(13-23(22)36-2)14-24-26(32)29(27(33)38-24)15-18-6-9-21(10-7-18)30(34)35/h3-14H,15-16H2,1-2H3,(H,28,31)/b24-14-. The van der Waals surface area contributed by atoms with Gasteiger partial charge in [-0.1, -0.05) is 30.3 Å². The van der Waals surface area contributed by atoms with Crippen LogP contribution in [0.1, 0.15) is 16.7 Å². The highest BCUT2D eigenvalue weighted by molar-refractivity contribution is 8.18. The third-order valence-electron chi connectivity index (χ3n) is 5.51. The minimum Gasteiger partial charge on any atom is -0.493 e. The van der Waals surface area contributed by atoms with Crippen molar-refractivity contribution >= 4 is 46.3 Å². The minimum atomic E-state index is -0.516. The van der Waals surface area contributed by atoms with Crippen molar-refractivity contribution < 1.29 is 28.8 Å². The third kappa shape index (κ3) is 6.37. The number of nitrogens with zero attached hydrogens (tertiary/aromatic N) is 2. The Morgan fingerprint density at radius 2 is 1.84 bits per heavy atom. The first kappa shape index (κ1) is 26.4. The van der Waals surface area contributed by atoms with Crippen molar-refractivity contribution in [2.75, 3.05) is 19.0 Å². The number of non-ortho nitro benzene ring substituents is 1. The zero-order valence-electron chi connectivity index (χ0n) is 20.5. The summed E-state index contributed by atoms with van der Waals surface area (Å²) in [6.07, 6.45) is 1.57. The van der Waals surface area contributed by atoms with Gasteiger partial charge in [-0.2, -0.15) is 0 Å². The molecule has 1 N–H and O–H groups in total. The fourth-order valence-corrected chi connectivity index (χ4v) is 4.49. The molecule has 0 radical (unpaired) electrons. The molecule has 0 aromatic heterocycles. The number of hydrogen-bond donors (Lipinski definition) is 1. The maximum absolute atomic E-state index is 12.9. The lowest BCUT2D eigenvalue weighted by atomic mass is 10.1. The molecular weight excluding hydrogens is 510 g/mol. The summed E-state index contributed by atoms with van der Waals surface area (Å²) in [7, 11) is 1.46. The number of hydrogen-bond acceptors (Lipinski definition) is 8. The van der Waals surface area contributed by atoms with E-state index in [1.165, 1.54) is 31.4 Å². The molecule has 4 rings (SSSR count). The zero-order chi connectivity index (χ0) is 27.2. The predicted molar refractivity (Wildman–Crippen MR) is 143 cm³/mol. The van der Waals surface area contributed by atoms with Gasteiger partial charge in [-0.3, -0.25) is 29.4 Å². The molecule has 1 heterocycles. The van der Waals surface area contributed by atoms with Crippen LogP contribution in [-0.2, 0) is 16.1 Å². The van der Waals surface area contributed by atoms with Crippen molar-refractivity contribution in [3.8, 4) is 11.5 Å². The first-order valence-electron chi connectivity index (χ1n) is 11.4. The van der Waals surface area contributed by atoms with Crippen LogP contribution >= 0.6 is 11.8 Å². The Kier molecular flexibility index (Phi) is 8.07. The second-order valence-electron chi connectivity index (χ2n) is 8.31. The molecule has 0 unspecified atom stereocenters. The van der Waals surface area contributed by atoms with Gasteiger partial charge in [0.05, 0.1) is 23.5 Å². The van der Waals surface area contributed by atoms with E-state index >= 15 is 0 Å². The first-order valence-corrected chi connectivity index (χ1v) is 12.2. The summed E-state index contributed by atoms with van der Waals surface area (Å²) in [5, 5.41) is 13.2. The first-order chi connectivity index (χ1) is 18.2. The number of rotatable bonds is 9. The molecule has 1 saturated heterocycles. The number of nitro groups is 1. The molecule has 1 fully saturated rings. The molecule has 1 aliphatic rings. The van der Waals surface area contributed by atoms with Gasteiger partial charge in [0.25, 0.3) is 22.7 Å². The molecule has 1 aliphatic heterocycles. The monoisotopic (exact) mass is 533 g/mol. The number of anilines is 1. The van der Waals surface area contributed by atoms with E-state index in [1.807, 2.05) is 25.1 Å². The highest BCUT2D eigenvalue weighted by Crippen LogP contribution is 2.35. The van der Waals surface area contributed by atoms with Crippen LogP contribution in [0.25, 0.3) is 6.08 Å². The van der Waals surface area contributed by atoms with Crippen LogP contribution in [0, 0.1) is 17.0 Å². The van der Waals surface area contributed by atoms with Crippen LogP contribution in [-0.4, -0.2) is 40.6 Å². The Bertz CT molecular complexity index is 1440. The lowest BCUT2D eigenvalue weighted by Gasteiger charge is -2.12. The smallest absolute Gasteiger partial charge is 0.293 e. The van der Waals surface area contributed by atoms with Gasteiger partial charge in [0.15, 0.2) is 18.1 Å². The topological polar surface area (TPSA) is 128 Å². The maximum atomic E-state index is 12.9. The number of imide groups is 1. The highest BCUT2D eigenvalue weighted by Gasteiger charge is 2.35. The van der Waals surface area contributed by atoms with E-state index in [0.29, 0.717) is 28.3 Å². The van der Waals surface area contributed by atoms with E-state index in [-0.39, 0.29) is 29.7 Å². The van der Waals surface area contributed by atoms with Crippen LogP contribution in [0.5, 0.6) is 11.5 Å². The minimum absolute atomic E-state index is 0.000708. The second-order valence-corrected chi connectivity index (χ2v) is 9.30. The van der Waals surface area contributed by atoms with Gasteiger partial charge in [0, 0.05) is 17.8 Å². The van der Waals surface area contributed by atoms with E-state index in [2.05, 4.69) is 5.32 Å². The number of nitrogens with one attached hydrogen (secondary N) is 1. The molecule has 0 atom stereocenters. The van der Waals surface area contributed by atoms with Gasteiger partial charge in [0.1, 0.15) is 0 Å². The summed E-state index contributed by atoms with van der Waals surface area (Å²) in [5.41, 5.74) is 2.80. The number of carbonyl (C=O) groups excluding carboxylic acids is 3. The van der Waals surface area contributed by atoms with Crippen LogP contribution in [0.2, 0.25) is 0 Å². The molecule has 10 nitrogen and oxygen atoms in total. The van der Waals surface area contributed by atoms with E-state index in [1.54, 1.807) is 30.3 Å². The fourth-order valence-electron chi connectivity index (χ4n) is 3.65. The number of methoxy groups -OCH3 is 1. The average Bonchev–Trinajstić information content (AvgIpc) is 3.15. The van der Waals surface area contributed by atoms with Crippen LogP contribution in [0.15, 0.2) is 71.6 Å². The number of carbonyl (C=O) groups is 3. The number of benzene rings is 3. The van der Waals surface area contributed by atoms with Gasteiger partial charge in [-0.05, 0) is 65.7 Å². The van der Waals surface area contributed by atoms with Crippen LogP contribution < -0.4 is 14.8 Å². The van der Waals surface area contributed by atoms with Gasteiger partial charge in [-0.25, -0.2) is 0 Å². The van der Waals surface area contributed by atoms with Crippen LogP contribution in [0.4, 0.5) is 16.2 Å². The summed E-state index contributed by atoms with van der Waals surface area (Å²) in [6.45, 7) is 1.70. The summed E-state index contributed by atoms with van der Waals surface area (Å²) < 4.78 is 11.0. The molecule has 3 aromatic carbocycles. The largest absolute Gasteiger partial charge is 0.493 e. The Morgan fingerprint density at radius 1 is 1.08 bits per heavy atom. The normalized spacial score (nSPS) is 14.1. The van der Waals surface area contributed by atoms with E-state index in [9.17, 15) is 24.5 Å². The van der Waals surface area contributed by atoms with Crippen molar-refractivity contribution in [2.24, 2.45) is 0 Å². The van der Waals surface area contributed by atoms with Gasteiger partial charge in [-0.15, -0.1) is 0 Å². The Hall–Kier alpha value is -4.64. The SMILES string of the molecule is COc1cc(/C=C2\SC(=O)N(Cc3ccc([N+](=O)[O-])cc3)C2=O)ccc1OCC(=O)Nc1cccc(C)c1. The Morgan fingerprint density at radius 3 is 2.53 bits per heavy atom. The summed E-state index contributed by atoms with van der Waals surface area (Å²) >= 11 is 0.803. The number of ether oxygens (including phenoxy) is 2. The fraction of sp³-hybridized carbons (Fsp3) is 0.148. The highest BCUT2D eigenvalue weighted by atomic mass is 32.2. The van der Waals surface area contributed by atoms with Crippen LogP contribution in [0.3, 0.4) is 0 Å². The number of amides is 3. The molecule has 0 saturated carbocycles. The van der Waals surface area contributed by atoms with Gasteiger partial charge in [0.2, 0.25) is 0 Å². The number of thioether (sulfide) groups is 1. The molecule has 38 heavy (non-hydrogen) atoms. The molecular formula is C27H23N3O7S. The van der Waals surface area contributed by atoms with Gasteiger partial charge < -0.3 is 14.8 Å². The van der Waals surface area contributed by atoms with Crippen molar-refractivity contribution in [1.82, 2.24) is 4.90 Å². The molecule has 0 spiro atoms. The lowest BCUT2D eigenvalue weighted by Crippen LogP contribution is -2.27. The Balaban J connectivity index is 1.41. The van der Waals surface area contributed by atoms with Crippen molar-refractivity contribution in [3.63, 3.8) is 0 Å². The quantitative estimate of drug-likeness (QED) is 0.227. The molecule has 0 bridgehead atoms. The van der Waals surface area contributed by atoms with E-state index in [4.69, 9.17) is 9.47 Å². The summed E-state index contributed by atoms with van der Waals surface area (Å²) in [4.78, 5) is 49.3. The molecule has 11 heteroatoms. The summed E-state index contributed by atoms with van der Waals surface area (Å²) in [6, 6.07) is 18.0. The number of aryl methyl sites for hydroxylation is 1. The molecule has 194 valence electrons. The average molecular weight is 534 g/mol. The predicted octanol–water partition coefficient (Wildman–Crippen LogP) is 5.17. The maximum Gasteiger partial charge on any atom is 0.293 e. The molecule has 3 aromatic rings. The van der Waals surface area contributed by atoms with Gasteiger partial charge >= 0.3 is 0 Å². The van der Waals surface area contributed by atoms with Crippen molar-refractivity contribution in [3.05, 3.63) is 98.4 Å². The van der Waals surface area contributed by atoms with Crippen molar-refractivity contribution in [1.29, 1.82) is 0 Å². The zero-order valence-corrected chi connectivity index (χ0v) is 21.3. The summed E-state index contributed by atoms with van der Waals surface area (Å²) in [5.74, 6) is -0.101. The Labute approximate surface area is 222 Å². The van der Waals surface area contributed by atoms with Crippen molar-refractivity contribution in [2.45, 2.75) is 13.5 Å². The van der Waals surface area contributed by atoms with E-state index < -0.39 is 16.1 Å².